The molecule has 1 fully saturated rings. The Hall–Kier alpha value is -1.13. The summed E-state index contributed by atoms with van der Waals surface area (Å²) < 4.78 is 27.4. The average molecular weight is 328 g/mol. The van der Waals surface area contributed by atoms with Gasteiger partial charge in [-0.3, -0.25) is 0 Å². The number of hydrogen-bond acceptors (Lipinski definition) is 4. The van der Waals surface area contributed by atoms with Gasteiger partial charge in [-0.25, -0.2) is 13.1 Å². The Balaban J connectivity index is 2.09. The number of nitrogens with zero attached hydrogens (tertiary/aromatic N) is 1. The van der Waals surface area contributed by atoms with Crippen LogP contribution >= 0.6 is 11.6 Å². The second-order valence-corrected chi connectivity index (χ2v) is 7.33. The van der Waals surface area contributed by atoms with Crippen molar-refractivity contribution >= 4 is 21.6 Å². The number of benzene rings is 1. The Bertz CT molecular complexity index is 647. The minimum atomic E-state index is -3.60. The lowest BCUT2D eigenvalue weighted by Crippen LogP contribution is -2.41. The van der Waals surface area contributed by atoms with E-state index in [0.29, 0.717) is 6.04 Å². The van der Waals surface area contributed by atoms with E-state index in [1.54, 1.807) is 0 Å². The van der Waals surface area contributed by atoms with Crippen LogP contribution in [0.1, 0.15) is 31.2 Å². The van der Waals surface area contributed by atoms with Crippen LogP contribution in [0.4, 0.5) is 0 Å². The lowest BCUT2D eigenvalue weighted by molar-refractivity contribution is 0.343. The third kappa shape index (κ3) is 3.95. The summed E-state index contributed by atoms with van der Waals surface area (Å²) in [4.78, 5) is 0.0993. The molecule has 0 aromatic heterocycles. The molecule has 0 spiro atoms. The molecule has 0 bridgehead atoms. The van der Waals surface area contributed by atoms with E-state index in [4.69, 9.17) is 16.9 Å². The average Bonchev–Trinajstić information content (AvgIpc) is 2.47. The molecule has 5 nitrogen and oxygen atoms in total. The molecule has 0 unspecified atom stereocenters. The number of nitriles is 1. The molecule has 114 valence electrons. The van der Waals surface area contributed by atoms with Gasteiger partial charge in [-0.2, -0.15) is 5.26 Å². The molecule has 21 heavy (non-hydrogen) atoms. The molecule has 0 amide bonds. The first-order chi connectivity index (χ1) is 9.96. The number of rotatable bonds is 4. The van der Waals surface area contributed by atoms with Crippen LogP contribution < -0.4 is 10.0 Å². The zero-order chi connectivity index (χ0) is 15.5. The van der Waals surface area contributed by atoms with E-state index >= 15 is 0 Å². The van der Waals surface area contributed by atoms with Gasteiger partial charge >= 0.3 is 0 Å². The van der Waals surface area contributed by atoms with Crippen molar-refractivity contribution in [1.29, 1.82) is 5.26 Å². The Kier molecular flexibility index (Phi) is 5.22. The SMILES string of the molecule is CNC1CCC(NS(=O)(=O)c2ccc(C#N)c(Cl)c2)CC1. The highest BCUT2D eigenvalue weighted by molar-refractivity contribution is 7.89. The first kappa shape index (κ1) is 16.2. The summed E-state index contributed by atoms with van der Waals surface area (Å²) in [6.45, 7) is 0. The summed E-state index contributed by atoms with van der Waals surface area (Å²) in [7, 11) is -1.67. The number of nitrogens with one attached hydrogen (secondary N) is 2. The van der Waals surface area contributed by atoms with Crippen LogP contribution in [-0.4, -0.2) is 27.5 Å². The maximum absolute atomic E-state index is 12.3. The van der Waals surface area contributed by atoms with Gasteiger partial charge in [0, 0.05) is 12.1 Å². The molecule has 2 N–H and O–H groups in total. The van der Waals surface area contributed by atoms with Gasteiger partial charge in [-0.05, 0) is 50.9 Å². The van der Waals surface area contributed by atoms with Crippen molar-refractivity contribution in [3.8, 4) is 6.07 Å². The van der Waals surface area contributed by atoms with Crippen molar-refractivity contribution in [1.82, 2.24) is 10.0 Å². The van der Waals surface area contributed by atoms with E-state index in [9.17, 15) is 8.42 Å². The molecular weight excluding hydrogens is 310 g/mol. The maximum Gasteiger partial charge on any atom is 0.240 e. The molecule has 7 heteroatoms. The minimum absolute atomic E-state index is 0.0472. The molecule has 2 rings (SSSR count). The molecule has 1 aliphatic rings. The molecule has 1 aromatic rings. The van der Waals surface area contributed by atoms with E-state index in [1.165, 1.54) is 18.2 Å². The van der Waals surface area contributed by atoms with Crippen molar-refractivity contribution in [2.45, 2.75) is 42.7 Å². The molecule has 0 saturated heterocycles. The zero-order valence-electron chi connectivity index (χ0n) is 11.8. The zero-order valence-corrected chi connectivity index (χ0v) is 13.3. The van der Waals surface area contributed by atoms with Crippen LogP contribution in [0.25, 0.3) is 0 Å². The second kappa shape index (κ2) is 6.75. The van der Waals surface area contributed by atoms with Crippen LogP contribution in [0.3, 0.4) is 0 Å². The Morgan fingerprint density at radius 1 is 1.24 bits per heavy atom. The predicted molar refractivity (Wildman–Crippen MR) is 81.6 cm³/mol. The fourth-order valence-electron chi connectivity index (χ4n) is 2.54. The smallest absolute Gasteiger partial charge is 0.240 e. The largest absolute Gasteiger partial charge is 0.317 e. The molecule has 1 aromatic carbocycles. The number of halogens is 1. The van der Waals surface area contributed by atoms with Crippen molar-refractivity contribution in [3.63, 3.8) is 0 Å². The second-order valence-electron chi connectivity index (χ2n) is 5.21. The summed E-state index contributed by atoms with van der Waals surface area (Å²) >= 11 is 5.89. The summed E-state index contributed by atoms with van der Waals surface area (Å²) in [5.41, 5.74) is 0.269. The first-order valence-electron chi connectivity index (χ1n) is 6.85. The van der Waals surface area contributed by atoms with Gasteiger partial charge < -0.3 is 5.32 Å². The van der Waals surface area contributed by atoms with Gasteiger partial charge in [0.05, 0.1) is 15.5 Å². The normalized spacial score (nSPS) is 22.7. The summed E-state index contributed by atoms with van der Waals surface area (Å²) in [6, 6.07) is 6.49. The van der Waals surface area contributed by atoms with Gasteiger partial charge in [0.15, 0.2) is 0 Å². The summed E-state index contributed by atoms with van der Waals surface area (Å²) in [5, 5.41) is 12.2. The van der Waals surface area contributed by atoms with Crippen molar-refractivity contribution < 1.29 is 8.42 Å². The van der Waals surface area contributed by atoms with Crippen LogP contribution in [0.2, 0.25) is 5.02 Å². The quantitative estimate of drug-likeness (QED) is 0.886. The molecule has 1 aliphatic carbocycles. The maximum atomic E-state index is 12.3. The number of sulfonamides is 1. The van der Waals surface area contributed by atoms with Crippen LogP contribution in [-0.2, 0) is 10.0 Å². The Labute approximate surface area is 130 Å². The third-order valence-corrected chi connectivity index (χ3v) is 5.66. The van der Waals surface area contributed by atoms with E-state index < -0.39 is 10.0 Å². The van der Waals surface area contributed by atoms with Gasteiger partial charge in [-0.15, -0.1) is 0 Å². The summed E-state index contributed by atoms with van der Waals surface area (Å²) in [6.07, 6.45) is 3.54. The fraction of sp³-hybridized carbons (Fsp3) is 0.500. The van der Waals surface area contributed by atoms with Gasteiger partial charge in [-0.1, -0.05) is 11.6 Å². The van der Waals surface area contributed by atoms with E-state index in [0.717, 1.165) is 25.7 Å². The molecular formula is C14H18ClN3O2S. The highest BCUT2D eigenvalue weighted by Gasteiger charge is 2.25. The van der Waals surface area contributed by atoms with E-state index in [1.807, 2.05) is 13.1 Å². The van der Waals surface area contributed by atoms with Crippen molar-refractivity contribution in [3.05, 3.63) is 28.8 Å². The van der Waals surface area contributed by atoms with Crippen molar-refractivity contribution in [2.24, 2.45) is 0 Å². The predicted octanol–water partition coefficient (Wildman–Crippen LogP) is 2.02. The standard InChI is InChI=1S/C14H18ClN3O2S/c1-17-11-3-5-12(6-4-11)18-21(19,20)13-7-2-10(9-16)14(15)8-13/h2,7-8,11-12,17-18H,3-6H2,1H3. The Morgan fingerprint density at radius 3 is 2.38 bits per heavy atom. The highest BCUT2D eigenvalue weighted by Crippen LogP contribution is 2.23. The highest BCUT2D eigenvalue weighted by atomic mass is 35.5. The summed E-state index contributed by atoms with van der Waals surface area (Å²) in [5.74, 6) is 0. The first-order valence-corrected chi connectivity index (χ1v) is 8.71. The molecule has 0 atom stereocenters. The lowest BCUT2D eigenvalue weighted by atomic mass is 9.92. The fourth-order valence-corrected chi connectivity index (χ4v) is 4.16. The lowest BCUT2D eigenvalue weighted by Gasteiger charge is -2.28. The molecule has 0 radical (unpaired) electrons. The topological polar surface area (TPSA) is 82.0 Å². The minimum Gasteiger partial charge on any atom is -0.317 e. The van der Waals surface area contributed by atoms with Gasteiger partial charge in [0.2, 0.25) is 10.0 Å². The third-order valence-electron chi connectivity index (χ3n) is 3.83. The van der Waals surface area contributed by atoms with E-state index in [2.05, 4.69) is 10.0 Å². The van der Waals surface area contributed by atoms with Crippen LogP contribution in [0, 0.1) is 11.3 Å². The monoisotopic (exact) mass is 327 g/mol. The van der Waals surface area contributed by atoms with Gasteiger partial charge in [0.25, 0.3) is 0 Å². The van der Waals surface area contributed by atoms with Gasteiger partial charge in [0.1, 0.15) is 6.07 Å². The van der Waals surface area contributed by atoms with Crippen molar-refractivity contribution in [2.75, 3.05) is 7.05 Å². The molecule has 0 heterocycles. The van der Waals surface area contributed by atoms with Crippen LogP contribution in [0.15, 0.2) is 23.1 Å². The molecule has 1 saturated carbocycles. The Morgan fingerprint density at radius 2 is 1.86 bits per heavy atom. The molecule has 0 aliphatic heterocycles. The number of hydrogen-bond donors (Lipinski definition) is 2. The van der Waals surface area contributed by atoms with Crippen LogP contribution in [0.5, 0.6) is 0 Å². The van der Waals surface area contributed by atoms with E-state index in [-0.39, 0.29) is 21.5 Å².